The van der Waals surface area contributed by atoms with E-state index in [1.54, 1.807) is 6.07 Å². The molecule has 1 aromatic carbocycles. The maximum atomic E-state index is 11.1. The van der Waals surface area contributed by atoms with Gasteiger partial charge < -0.3 is 16.0 Å². The van der Waals surface area contributed by atoms with Gasteiger partial charge >= 0.3 is 0 Å². The first-order valence-corrected chi connectivity index (χ1v) is 10.1. The molecular weight excluding hydrogens is 410 g/mol. The van der Waals surface area contributed by atoms with Crippen molar-refractivity contribution < 1.29 is 13.6 Å². The number of benzene rings is 1. The first kappa shape index (κ1) is 23.9. The Morgan fingerprint density at radius 3 is 2.43 bits per heavy atom. The monoisotopic (exact) mass is 436 g/mol. The van der Waals surface area contributed by atoms with Gasteiger partial charge in [-0.3, -0.25) is 9.78 Å². The molecule has 1 unspecified atom stereocenters. The van der Waals surface area contributed by atoms with Crippen LogP contribution in [0.3, 0.4) is 0 Å². The van der Waals surface area contributed by atoms with Crippen LogP contribution in [0.5, 0.6) is 0 Å². The molecule has 0 radical (unpaired) electrons. The lowest BCUT2D eigenvalue weighted by Crippen LogP contribution is -2.33. The van der Waals surface area contributed by atoms with Crippen molar-refractivity contribution in [1.29, 1.82) is 5.41 Å². The fourth-order valence-corrected chi connectivity index (χ4v) is 3.02. The van der Waals surface area contributed by atoms with Gasteiger partial charge in [-0.05, 0) is 56.6 Å². The van der Waals surface area contributed by atoms with Gasteiger partial charge in [-0.15, -0.1) is 0 Å². The second-order valence-electron chi connectivity index (χ2n) is 7.44. The fourth-order valence-electron chi connectivity index (χ4n) is 2.84. The number of likely N-dealkylation sites (N-methyl/N-ethyl adjacent to an activating group) is 1. The minimum Gasteiger partial charge on any atom is -0.376 e. The predicted octanol–water partition coefficient (Wildman–Crippen LogP) is 5.21. The summed E-state index contributed by atoms with van der Waals surface area (Å²) in [6.45, 7) is 2.67. The molecule has 8 heteroatoms. The summed E-state index contributed by atoms with van der Waals surface area (Å²) in [5.41, 5.74) is 4.00. The first-order valence-electron chi connectivity index (χ1n) is 9.72. The van der Waals surface area contributed by atoms with Crippen molar-refractivity contribution in [3.05, 3.63) is 58.4 Å². The smallest absolute Gasteiger partial charge is 0.299 e. The molecule has 2 atom stereocenters. The van der Waals surface area contributed by atoms with E-state index in [1.165, 1.54) is 24.8 Å². The Kier molecular flexibility index (Phi) is 8.43. The lowest BCUT2D eigenvalue weighted by molar-refractivity contribution is -0.126. The number of aromatic nitrogens is 1. The number of anilines is 1. The Balaban J connectivity index is 0.000000469. The highest BCUT2D eigenvalue weighted by atomic mass is 35.5. The second-order valence-corrected chi connectivity index (χ2v) is 7.88. The van der Waals surface area contributed by atoms with Gasteiger partial charge in [0.2, 0.25) is 0 Å². The zero-order valence-corrected chi connectivity index (χ0v) is 18.0. The van der Waals surface area contributed by atoms with Crippen LogP contribution in [0.15, 0.2) is 36.5 Å². The third kappa shape index (κ3) is 7.15. The minimum absolute atomic E-state index is 0.0515. The Morgan fingerprint density at radius 1 is 1.30 bits per heavy atom. The number of pyridine rings is 1. The number of hydrogen-bond acceptors (Lipinski definition) is 5. The topological polar surface area (TPSA) is 77.9 Å². The van der Waals surface area contributed by atoms with Gasteiger partial charge in [0.05, 0.1) is 6.04 Å². The quantitative estimate of drug-likeness (QED) is 0.392. The van der Waals surface area contributed by atoms with E-state index in [0.717, 1.165) is 16.8 Å². The molecule has 5 nitrogen and oxygen atoms in total. The largest absolute Gasteiger partial charge is 0.376 e. The SMILES string of the molecule is CC(F)(F)C=O.CNC(C)[C@H](Nc1ccc(Cl)cc1C=N)c1ccc(C2CC2)nc1. The van der Waals surface area contributed by atoms with Crippen LogP contribution in [0.25, 0.3) is 0 Å². The van der Waals surface area contributed by atoms with E-state index in [-0.39, 0.29) is 12.1 Å². The lowest BCUT2D eigenvalue weighted by Gasteiger charge is -2.27. The summed E-state index contributed by atoms with van der Waals surface area (Å²) >= 11 is 6.04. The summed E-state index contributed by atoms with van der Waals surface area (Å²) in [6.07, 6.45) is 5.42. The molecule has 0 aliphatic heterocycles. The van der Waals surface area contributed by atoms with Gasteiger partial charge in [0.15, 0.2) is 6.29 Å². The number of alkyl halides is 2. The number of nitrogens with zero attached hydrogens (tertiary/aromatic N) is 1. The van der Waals surface area contributed by atoms with Crippen molar-refractivity contribution in [2.24, 2.45) is 0 Å². The zero-order chi connectivity index (χ0) is 22.3. The first-order chi connectivity index (χ1) is 14.2. The normalized spacial score (nSPS) is 15.4. The maximum Gasteiger partial charge on any atom is 0.299 e. The molecule has 0 amide bonds. The van der Waals surface area contributed by atoms with Crippen molar-refractivity contribution in [1.82, 2.24) is 10.3 Å². The third-order valence-corrected chi connectivity index (χ3v) is 5.04. The third-order valence-electron chi connectivity index (χ3n) is 4.81. The van der Waals surface area contributed by atoms with Crippen molar-refractivity contribution >= 4 is 29.8 Å². The molecule has 1 fully saturated rings. The van der Waals surface area contributed by atoms with Gasteiger partial charge in [-0.1, -0.05) is 17.7 Å². The molecule has 1 aliphatic carbocycles. The molecule has 1 aromatic heterocycles. The van der Waals surface area contributed by atoms with Gasteiger partial charge in [-0.2, -0.15) is 8.78 Å². The van der Waals surface area contributed by atoms with E-state index in [0.29, 0.717) is 17.9 Å². The number of rotatable bonds is 8. The Labute approximate surface area is 180 Å². The molecule has 0 bridgehead atoms. The molecule has 0 saturated heterocycles. The average molecular weight is 437 g/mol. The molecule has 3 rings (SSSR count). The Hall–Kier alpha value is -2.38. The number of hydrogen-bond donors (Lipinski definition) is 3. The number of halogens is 3. The number of carbonyl (C=O) groups excluding carboxylic acids is 1. The average Bonchev–Trinajstić information content (AvgIpc) is 3.57. The molecule has 0 spiro atoms. The van der Waals surface area contributed by atoms with E-state index in [1.807, 2.05) is 25.4 Å². The van der Waals surface area contributed by atoms with Gasteiger partial charge in [0.25, 0.3) is 5.92 Å². The summed E-state index contributed by atoms with van der Waals surface area (Å²) in [5.74, 6) is -2.48. The zero-order valence-electron chi connectivity index (χ0n) is 17.3. The molecule has 2 aromatic rings. The van der Waals surface area contributed by atoms with Crippen molar-refractivity contribution in [2.45, 2.75) is 50.6 Å². The standard InChI is InChI=1S/C19H23ClN4.C3H4F2O/c1-12(22-2)19(14-5-7-17(23-11-14)13-3-4-13)24-18-8-6-16(20)9-15(18)10-21;1-3(4,5)2-6/h5-13,19,21-22,24H,3-4H2,1-2H3;2H,1H3/t12?,19-;/m0./s1. The van der Waals surface area contributed by atoms with Crippen molar-refractivity contribution in [3.8, 4) is 0 Å². The van der Waals surface area contributed by atoms with E-state index in [2.05, 4.69) is 34.7 Å². The number of aldehydes is 1. The highest BCUT2D eigenvalue weighted by molar-refractivity contribution is 6.31. The fraction of sp³-hybridized carbons (Fsp3) is 0.409. The summed E-state index contributed by atoms with van der Waals surface area (Å²) in [6, 6.07) is 10.1. The van der Waals surface area contributed by atoms with Gasteiger partial charge in [0.1, 0.15) is 0 Å². The van der Waals surface area contributed by atoms with E-state index < -0.39 is 12.2 Å². The number of nitrogens with one attached hydrogen (secondary N) is 3. The van der Waals surface area contributed by atoms with Crippen LogP contribution in [0.2, 0.25) is 5.02 Å². The molecular formula is C22H27ClF2N4O. The van der Waals surface area contributed by atoms with Crippen LogP contribution in [-0.2, 0) is 4.79 Å². The molecule has 1 heterocycles. The maximum absolute atomic E-state index is 11.1. The summed E-state index contributed by atoms with van der Waals surface area (Å²) in [5, 5.41) is 15.1. The van der Waals surface area contributed by atoms with Crippen LogP contribution in [-0.4, -0.2) is 36.5 Å². The summed E-state index contributed by atoms with van der Waals surface area (Å²) in [4.78, 5) is 13.7. The van der Waals surface area contributed by atoms with Gasteiger partial charge in [-0.25, -0.2) is 0 Å². The lowest BCUT2D eigenvalue weighted by atomic mass is 10.0. The van der Waals surface area contributed by atoms with Crippen LogP contribution in [0.1, 0.15) is 55.5 Å². The Bertz CT molecular complexity index is 851. The van der Waals surface area contributed by atoms with Crippen molar-refractivity contribution in [3.63, 3.8) is 0 Å². The van der Waals surface area contributed by atoms with Crippen LogP contribution < -0.4 is 10.6 Å². The highest BCUT2D eigenvalue weighted by Gasteiger charge is 2.26. The predicted molar refractivity (Wildman–Crippen MR) is 117 cm³/mol. The van der Waals surface area contributed by atoms with Crippen LogP contribution >= 0.6 is 11.6 Å². The van der Waals surface area contributed by atoms with Crippen LogP contribution in [0, 0.1) is 5.41 Å². The highest BCUT2D eigenvalue weighted by Crippen LogP contribution is 2.39. The summed E-state index contributed by atoms with van der Waals surface area (Å²) < 4.78 is 22.2. The summed E-state index contributed by atoms with van der Waals surface area (Å²) in [7, 11) is 1.95. The van der Waals surface area contributed by atoms with Crippen molar-refractivity contribution in [2.75, 3.05) is 12.4 Å². The van der Waals surface area contributed by atoms with Gasteiger partial charge in [0, 0.05) is 53.3 Å². The molecule has 1 aliphatic rings. The molecule has 30 heavy (non-hydrogen) atoms. The molecule has 1 saturated carbocycles. The van der Waals surface area contributed by atoms with E-state index >= 15 is 0 Å². The Morgan fingerprint density at radius 2 is 1.97 bits per heavy atom. The minimum atomic E-state index is -3.14. The van der Waals surface area contributed by atoms with E-state index in [4.69, 9.17) is 21.8 Å². The van der Waals surface area contributed by atoms with Crippen LogP contribution in [0.4, 0.5) is 14.5 Å². The van der Waals surface area contributed by atoms with E-state index in [9.17, 15) is 8.78 Å². The molecule has 3 N–H and O–H groups in total. The molecule has 162 valence electrons. The second kappa shape index (κ2) is 10.6. The number of carbonyl (C=O) groups is 1.